The molecule has 0 saturated heterocycles. The molecule has 168 valence electrons. The van der Waals surface area contributed by atoms with E-state index in [0.29, 0.717) is 5.56 Å². The van der Waals surface area contributed by atoms with Gasteiger partial charge in [0.05, 0.1) is 24.3 Å². The number of nitrogens with zero attached hydrogens (tertiary/aromatic N) is 1. The fourth-order valence-electron chi connectivity index (χ4n) is 3.07. The number of aliphatic hydroxyl groups is 1. The molecule has 0 aliphatic rings. The first-order valence-electron chi connectivity index (χ1n) is 9.46. The van der Waals surface area contributed by atoms with Gasteiger partial charge in [0.1, 0.15) is 11.5 Å². The van der Waals surface area contributed by atoms with Crippen molar-refractivity contribution in [3.63, 3.8) is 0 Å². The molecule has 1 atom stereocenters. The number of rotatable bonds is 7. The minimum atomic E-state index is -4.57. The molecule has 3 N–H and O–H groups in total. The second-order valence-corrected chi connectivity index (χ2v) is 7.71. The Kier molecular flexibility index (Phi) is 6.82. The Hall–Kier alpha value is -3.01. The van der Waals surface area contributed by atoms with Crippen molar-refractivity contribution in [2.75, 3.05) is 13.2 Å². The average Bonchev–Trinajstić information content (AvgIpc) is 2.76. The molecule has 10 heteroatoms. The lowest BCUT2D eigenvalue weighted by atomic mass is 9.91. The van der Waals surface area contributed by atoms with Gasteiger partial charge in [-0.15, -0.1) is 0 Å². The number of ketones is 1. The van der Waals surface area contributed by atoms with Crippen LogP contribution in [0.3, 0.4) is 0 Å². The number of aromatic nitrogens is 2. The summed E-state index contributed by atoms with van der Waals surface area (Å²) in [7, 11) is 0. The fourth-order valence-corrected chi connectivity index (χ4v) is 3.46. The van der Waals surface area contributed by atoms with Crippen molar-refractivity contribution in [1.82, 2.24) is 15.3 Å². The summed E-state index contributed by atoms with van der Waals surface area (Å²) in [5, 5.41) is 12.5. The van der Waals surface area contributed by atoms with Crippen LogP contribution in [0.1, 0.15) is 28.5 Å². The zero-order valence-corrected chi connectivity index (χ0v) is 17.6. The van der Waals surface area contributed by atoms with Gasteiger partial charge in [0.2, 0.25) is 0 Å². The zero-order chi connectivity index (χ0) is 23.5. The van der Waals surface area contributed by atoms with Crippen molar-refractivity contribution in [3.05, 3.63) is 86.8 Å². The van der Waals surface area contributed by atoms with E-state index < -0.39 is 35.2 Å². The van der Waals surface area contributed by atoms with Crippen LogP contribution in [-0.4, -0.2) is 34.0 Å². The van der Waals surface area contributed by atoms with Gasteiger partial charge >= 0.3 is 6.18 Å². The quantitative estimate of drug-likeness (QED) is 0.461. The maximum atomic E-state index is 12.9. The molecule has 0 fully saturated rings. The van der Waals surface area contributed by atoms with Crippen LogP contribution in [0.2, 0.25) is 5.02 Å². The number of benzene rings is 2. The summed E-state index contributed by atoms with van der Waals surface area (Å²) in [4.78, 5) is 31.5. The van der Waals surface area contributed by atoms with E-state index in [1.165, 1.54) is 6.92 Å². The van der Waals surface area contributed by atoms with Crippen LogP contribution in [0, 0.1) is 0 Å². The first-order chi connectivity index (χ1) is 15.0. The van der Waals surface area contributed by atoms with Gasteiger partial charge in [-0.05, 0) is 24.6 Å². The lowest BCUT2D eigenvalue weighted by Crippen LogP contribution is -2.45. The van der Waals surface area contributed by atoms with E-state index in [1.807, 2.05) is 0 Å². The summed E-state index contributed by atoms with van der Waals surface area (Å²) in [5.74, 6) is -0.326. The molecule has 0 bridgehead atoms. The van der Waals surface area contributed by atoms with Crippen molar-refractivity contribution in [1.29, 1.82) is 0 Å². The number of nitrogens with one attached hydrogen (secondary N) is 2. The van der Waals surface area contributed by atoms with Crippen LogP contribution in [0.4, 0.5) is 13.2 Å². The molecule has 0 aliphatic carbocycles. The molecule has 0 radical (unpaired) electrons. The molecule has 0 aliphatic heterocycles. The summed E-state index contributed by atoms with van der Waals surface area (Å²) in [6.45, 7) is 0.595. The third-order valence-electron chi connectivity index (χ3n) is 4.92. The maximum absolute atomic E-state index is 12.9. The molecular weight excluding hydrogens is 447 g/mol. The predicted molar refractivity (Wildman–Crippen MR) is 114 cm³/mol. The van der Waals surface area contributed by atoms with E-state index >= 15 is 0 Å². The van der Waals surface area contributed by atoms with Crippen molar-refractivity contribution in [2.45, 2.75) is 18.6 Å². The molecule has 32 heavy (non-hydrogen) atoms. The Morgan fingerprint density at radius 3 is 2.44 bits per heavy atom. The Morgan fingerprint density at radius 2 is 1.84 bits per heavy atom. The third-order valence-corrected chi connectivity index (χ3v) is 5.23. The van der Waals surface area contributed by atoms with Gasteiger partial charge in [-0.25, -0.2) is 4.98 Å². The summed E-state index contributed by atoms with van der Waals surface area (Å²) >= 11 is 6.05. The number of aromatic amines is 1. The molecule has 2 aromatic carbocycles. The van der Waals surface area contributed by atoms with Crippen molar-refractivity contribution >= 4 is 17.4 Å². The topological polar surface area (TPSA) is 95.1 Å². The molecule has 0 spiro atoms. The number of H-pyrrole nitrogens is 1. The Labute approximate surface area is 186 Å². The highest BCUT2D eigenvalue weighted by Crippen LogP contribution is 2.35. The first kappa shape index (κ1) is 23.6. The fraction of sp³-hybridized carbons (Fsp3) is 0.227. The molecule has 1 aromatic heterocycles. The van der Waals surface area contributed by atoms with Crippen molar-refractivity contribution in [2.24, 2.45) is 0 Å². The van der Waals surface area contributed by atoms with Gasteiger partial charge in [-0.1, -0.05) is 48.0 Å². The molecule has 1 heterocycles. The normalized spacial score (nSPS) is 13.6. The summed E-state index contributed by atoms with van der Waals surface area (Å²) in [6, 6.07) is 12.6. The number of aliphatic hydroxyl groups excluding tert-OH is 1. The zero-order valence-electron chi connectivity index (χ0n) is 16.8. The highest BCUT2D eigenvalue weighted by molar-refractivity contribution is 6.31. The van der Waals surface area contributed by atoms with Crippen LogP contribution in [0.25, 0.3) is 11.4 Å². The van der Waals surface area contributed by atoms with Crippen LogP contribution in [0.5, 0.6) is 0 Å². The highest BCUT2D eigenvalue weighted by Gasteiger charge is 2.34. The van der Waals surface area contributed by atoms with Crippen molar-refractivity contribution < 1.29 is 23.1 Å². The lowest BCUT2D eigenvalue weighted by molar-refractivity contribution is -0.137. The lowest BCUT2D eigenvalue weighted by Gasteiger charge is -2.30. The minimum Gasteiger partial charge on any atom is -0.394 e. The van der Waals surface area contributed by atoms with Gasteiger partial charge in [-0.2, -0.15) is 13.2 Å². The van der Waals surface area contributed by atoms with Gasteiger partial charge in [0.15, 0.2) is 5.78 Å². The smallest absolute Gasteiger partial charge is 0.394 e. The van der Waals surface area contributed by atoms with E-state index in [0.717, 1.165) is 24.3 Å². The molecule has 0 amide bonds. The maximum Gasteiger partial charge on any atom is 0.416 e. The summed E-state index contributed by atoms with van der Waals surface area (Å²) < 4.78 is 38.7. The molecular formula is C22H19ClF3N3O3. The first-order valence-corrected chi connectivity index (χ1v) is 9.84. The molecule has 3 aromatic rings. The number of carbonyl (C=O) groups excluding carboxylic acids is 1. The Balaban J connectivity index is 1.83. The van der Waals surface area contributed by atoms with E-state index in [4.69, 9.17) is 11.6 Å². The second kappa shape index (κ2) is 9.23. The van der Waals surface area contributed by atoms with Crippen LogP contribution in [-0.2, 0) is 11.7 Å². The SMILES string of the molecule is C[C@](CO)(NCC(=O)c1cc(=O)[nH]c(-c2ccccc2)n1)c1ccc(C(F)(F)F)cc1Cl. The van der Waals surface area contributed by atoms with Gasteiger partial charge in [-0.3, -0.25) is 14.9 Å². The molecule has 0 unspecified atom stereocenters. The van der Waals surface area contributed by atoms with E-state index in [-0.39, 0.29) is 28.6 Å². The van der Waals surface area contributed by atoms with Gasteiger partial charge in [0, 0.05) is 16.7 Å². The number of halogens is 4. The van der Waals surface area contributed by atoms with Crippen LogP contribution < -0.4 is 10.9 Å². The summed E-state index contributed by atoms with van der Waals surface area (Å²) in [5.41, 5.74) is -2.06. The van der Waals surface area contributed by atoms with Crippen LogP contribution >= 0.6 is 11.6 Å². The Morgan fingerprint density at radius 1 is 1.16 bits per heavy atom. The number of alkyl halides is 3. The standard InChI is InChI=1S/C22H19ClF3N3O3/c1-21(12-30,15-8-7-14(9-16(15)23)22(24,25)26)27-11-18(31)17-10-19(32)29-20(28-17)13-5-3-2-4-6-13/h2-10,27,30H,11-12H2,1H3,(H,28,29,32)/t21-/m1/s1. The van der Waals surface area contributed by atoms with Crippen LogP contribution in [0.15, 0.2) is 59.4 Å². The minimum absolute atomic E-state index is 0.0982. The van der Waals surface area contributed by atoms with E-state index in [2.05, 4.69) is 15.3 Å². The number of Topliss-reactive ketones (excluding diaryl/α,β-unsaturated/α-hetero) is 1. The highest BCUT2D eigenvalue weighted by atomic mass is 35.5. The molecule has 0 saturated carbocycles. The van der Waals surface area contributed by atoms with E-state index in [9.17, 15) is 27.9 Å². The number of hydrogen-bond acceptors (Lipinski definition) is 5. The third kappa shape index (κ3) is 5.24. The summed E-state index contributed by atoms with van der Waals surface area (Å²) in [6.07, 6.45) is -4.57. The molecule has 3 rings (SSSR count). The monoisotopic (exact) mass is 465 g/mol. The van der Waals surface area contributed by atoms with Gasteiger partial charge < -0.3 is 10.1 Å². The Bertz CT molecular complexity index is 1180. The van der Waals surface area contributed by atoms with Gasteiger partial charge in [0.25, 0.3) is 5.56 Å². The number of carbonyl (C=O) groups is 1. The van der Waals surface area contributed by atoms with E-state index in [1.54, 1.807) is 30.3 Å². The molecule has 6 nitrogen and oxygen atoms in total. The number of hydrogen-bond donors (Lipinski definition) is 3. The van der Waals surface area contributed by atoms with Crippen molar-refractivity contribution in [3.8, 4) is 11.4 Å². The second-order valence-electron chi connectivity index (χ2n) is 7.30. The average molecular weight is 466 g/mol. The largest absolute Gasteiger partial charge is 0.416 e. The predicted octanol–water partition coefficient (Wildman–Crippen LogP) is 3.79.